The molecule has 0 aliphatic carbocycles. The van der Waals surface area contributed by atoms with E-state index in [-0.39, 0.29) is 0 Å². The van der Waals surface area contributed by atoms with Gasteiger partial charge in [-0.15, -0.1) is 0 Å². The lowest BCUT2D eigenvalue weighted by Gasteiger charge is -2.31. The topological polar surface area (TPSA) is 49.8 Å². The number of carboxylic acid groups (broad SMARTS) is 1. The van der Waals surface area contributed by atoms with Gasteiger partial charge in [-0.25, -0.2) is 0 Å². The largest absolute Gasteiger partial charge is 0.495 e. The lowest BCUT2D eigenvalue weighted by molar-refractivity contribution is -0.139. The molecular weight excluding hydrogens is 242 g/mol. The van der Waals surface area contributed by atoms with Crippen molar-refractivity contribution >= 4 is 23.3 Å². The molecule has 0 aromatic heterocycles. The zero-order chi connectivity index (χ0) is 12.6. The van der Waals surface area contributed by atoms with E-state index in [1.807, 2.05) is 11.9 Å². The van der Waals surface area contributed by atoms with Crippen molar-refractivity contribution in [3.8, 4) is 5.75 Å². The summed E-state index contributed by atoms with van der Waals surface area (Å²) in [5, 5.41) is 9.72. The van der Waals surface area contributed by atoms with Crippen molar-refractivity contribution in [2.75, 3.05) is 25.6 Å². The standard InChI is InChI=1S/C12H14ClNO3/c1-14-4-3-7(12(15)16)8-5-11(17-2)9(13)6-10(8)14/h5-7H,3-4H2,1-2H3,(H,15,16). The summed E-state index contributed by atoms with van der Waals surface area (Å²) < 4.78 is 5.13. The number of nitrogens with zero attached hydrogens (tertiary/aromatic N) is 1. The second-order valence-corrected chi connectivity index (χ2v) is 4.55. The van der Waals surface area contributed by atoms with E-state index < -0.39 is 11.9 Å². The highest BCUT2D eigenvalue weighted by molar-refractivity contribution is 6.32. The molecule has 2 rings (SSSR count). The molecule has 0 saturated heterocycles. The molecule has 1 aliphatic rings. The SMILES string of the molecule is COc1cc2c(cc1Cl)N(C)CCC2C(=O)O. The number of fused-ring (bicyclic) bond motifs is 1. The van der Waals surface area contributed by atoms with Crippen LogP contribution in [0.4, 0.5) is 5.69 Å². The Bertz CT molecular complexity index is 461. The molecule has 0 spiro atoms. The van der Waals surface area contributed by atoms with Gasteiger partial charge in [-0.05, 0) is 24.1 Å². The Morgan fingerprint density at radius 1 is 1.59 bits per heavy atom. The van der Waals surface area contributed by atoms with E-state index >= 15 is 0 Å². The zero-order valence-electron chi connectivity index (χ0n) is 9.74. The van der Waals surface area contributed by atoms with Gasteiger partial charge in [-0.1, -0.05) is 11.6 Å². The van der Waals surface area contributed by atoms with Crippen LogP contribution in [-0.4, -0.2) is 31.8 Å². The molecule has 1 heterocycles. The molecule has 1 aromatic rings. The number of rotatable bonds is 2. The van der Waals surface area contributed by atoms with Gasteiger partial charge in [-0.3, -0.25) is 4.79 Å². The summed E-state index contributed by atoms with van der Waals surface area (Å²) in [5.41, 5.74) is 1.64. The van der Waals surface area contributed by atoms with Crippen molar-refractivity contribution in [2.24, 2.45) is 0 Å². The molecule has 0 bridgehead atoms. The highest BCUT2D eigenvalue weighted by atomic mass is 35.5. The molecule has 17 heavy (non-hydrogen) atoms. The fraction of sp³-hybridized carbons (Fsp3) is 0.417. The van der Waals surface area contributed by atoms with E-state index in [0.29, 0.717) is 23.7 Å². The van der Waals surface area contributed by atoms with Crippen molar-refractivity contribution in [3.63, 3.8) is 0 Å². The number of carbonyl (C=O) groups is 1. The quantitative estimate of drug-likeness (QED) is 0.881. The minimum atomic E-state index is -0.802. The molecule has 0 amide bonds. The predicted octanol–water partition coefficient (Wildman–Crippen LogP) is 2.36. The first-order valence-corrected chi connectivity index (χ1v) is 5.73. The van der Waals surface area contributed by atoms with Gasteiger partial charge in [0.2, 0.25) is 0 Å². The fourth-order valence-corrected chi connectivity index (χ4v) is 2.41. The number of anilines is 1. The van der Waals surface area contributed by atoms with Gasteiger partial charge in [0.05, 0.1) is 18.1 Å². The summed E-state index contributed by atoms with van der Waals surface area (Å²) in [6, 6.07) is 3.50. The molecule has 1 aromatic carbocycles. The lowest BCUT2D eigenvalue weighted by Crippen LogP contribution is -2.30. The Labute approximate surface area is 105 Å². The summed E-state index contributed by atoms with van der Waals surface area (Å²) in [7, 11) is 3.45. The minimum absolute atomic E-state index is 0.479. The highest BCUT2D eigenvalue weighted by Crippen LogP contribution is 2.40. The van der Waals surface area contributed by atoms with Crippen molar-refractivity contribution in [2.45, 2.75) is 12.3 Å². The minimum Gasteiger partial charge on any atom is -0.495 e. The highest BCUT2D eigenvalue weighted by Gasteiger charge is 2.29. The van der Waals surface area contributed by atoms with Gasteiger partial charge in [0.1, 0.15) is 5.75 Å². The van der Waals surface area contributed by atoms with Crippen LogP contribution < -0.4 is 9.64 Å². The molecule has 0 radical (unpaired) electrons. The van der Waals surface area contributed by atoms with Crippen LogP contribution in [0.15, 0.2) is 12.1 Å². The zero-order valence-corrected chi connectivity index (χ0v) is 10.5. The lowest BCUT2D eigenvalue weighted by atomic mass is 9.90. The molecule has 0 saturated carbocycles. The van der Waals surface area contributed by atoms with Crippen LogP contribution in [-0.2, 0) is 4.79 Å². The number of hydrogen-bond donors (Lipinski definition) is 1. The summed E-state index contributed by atoms with van der Waals surface area (Å²) in [4.78, 5) is 13.2. The number of aliphatic carboxylic acids is 1. The number of ether oxygens (including phenoxy) is 1. The molecular formula is C12H14ClNO3. The summed E-state index contributed by atoms with van der Waals surface area (Å²) in [5.74, 6) is -0.761. The summed E-state index contributed by atoms with van der Waals surface area (Å²) in [6.45, 7) is 0.715. The average Bonchev–Trinajstić information content (AvgIpc) is 2.29. The third-order valence-corrected chi connectivity index (χ3v) is 3.43. The third-order valence-electron chi connectivity index (χ3n) is 3.14. The second kappa shape index (κ2) is 4.45. The molecule has 1 atom stereocenters. The van der Waals surface area contributed by atoms with E-state index in [1.54, 1.807) is 12.1 Å². The maximum atomic E-state index is 11.2. The smallest absolute Gasteiger partial charge is 0.311 e. The molecule has 1 N–H and O–H groups in total. The van der Waals surface area contributed by atoms with Crippen molar-refractivity contribution in [1.29, 1.82) is 0 Å². The Morgan fingerprint density at radius 2 is 2.29 bits per heavy atom. The Morgan fingerprint density at radius 3 is 2.88 bits per heavy atom. The molecule has 0 fully saturated rings. The van der Waals surface area contributed by atoms with E-state index in [4.69, 9.17) is 16.3 Å². The van der Waals surface area contributed by atoms with Crippen LogP contribution in [0.5, 0.6) is 5.75 Å². The van der Waals surface area contributed by atoms with Crippen LogP contribution >= 0.6 is 11.6 Å². The van der Waals surface area contributed by atoms with Gasteiger partial charge in [0, 0.05) is 19.3 Å². The second-order valence-electron chi connectivity index (χ2n) is 4.15. The Balaban J connectivity index is 2.56. The molecule has 4 nitrogen and oxygen atoms in total. The van der Waals surface area contributed by atoms with Crippen LogP contribution in [0.3, 0.4) is 0 Å². The van der Waals surface area contributed by atoms with E-state index in [1.165, 1.54) is 7.11 Å². The van der Waals surface area contributed by atoms with Gasteiger partial charge >= 0.3 is 5.97 Å². The number of benzene rings is 1. The average molecular weight is 256 g/mol. The van der Waals surface area contributed by atoms with E-state index in [0.717, 1.165) is 11.3 Å². The maximum absolute atomic E-state index is 11.2. The Kier molecular flexibility index (Phi) is 3.15. The number of halogens is 1. The van der Waals surface area contributed by atoms with Gasteiger partial charge in [0.15, 0.2) is 0 Å². The molecule has 5 heteroatoms. The first-order valence-electron chi connectivity index (χ1n) is 5.36. The van der Waals surface area contributed by atoms with Gasteiger partial charge in [-0.2, -0.15) is 0 Å². The monoisotopic (exact) mass is 255 g/mol. The van der Waals surface area contributed by atoms with Crippen LogP contribution in [0.1, 0.15) is 17.9 Å². The van der Waals surface area contributed by atoms with Crippen LogP contribution in [0.2, 0.25) is 5.02 Å². The fourth-order valence-electron chi connectivity index (χ4n) is 2.18. The van der Waals surface area contributed by atoms with Gasteiger partial charge < -0.3 is 14.7 Å². The van der Waals surface area contributed by atoms with E-state index in [2.05, 4.69) is 0 Å². The maximum Gasteiger partial charge on any atom is 0.311 e. The van der Waals surface area contributed by atoms with Gasteiger partial charge in [0.25, 0.3) is 0 Å². The number of carboxylic acids is 1. The van der Waals surface area contributed by atoms with Crippen molar-refractivity contribution in [1.82, 2.24) is 0 Å². The van der Waals surface area contributed by atoms with E-state index in [9.17, 15) is 9.90 Å². The van der Waals surface area contributed by atoms with Crippen LogP contribution in [0, 0.1) is 0 Å². The third kappa shape index (κ3) is 2.05. The summed E-state index contributed by atoms with van der Waals surface area (Å²) >= 11 is 6.05. The summed E-state index contributed by atoms with van der Waals surface area (Å²) in [6.07, 6.45) is 0.601. The normalized spacial score (nSPS) is 18.8. The molecule has 1 aliphatic heterocycles. The van der Waals surface area contributed by atoms with Crippen molar-refractivity contribution in [3.05, 3.63) is 22.7 Å². The van der Waals surface area contributed by atoms with Crippen molar-refractivity contribution < 1.29 is 14.6 Å². The first-order chi connectivity index (χ1) is 8.04. The molecule has 92 valence electrons. The first kappa shape index (κ1) is 12.0. The number of hydrogen-bond acceptors (Lipinski definition) is 3. The number of methoxy groups -OCH3 is 1. The Hall–Kier alpha value is -1.42. The van der Waals surface area contributed by atoms with Crippen LogP contribution in [0.25, 0.3) is 0 Å². The molecule has 1 unspecified atom stereocenters. The predicted molar refractivity (Wildman–Crippen MR) is 66.3 cm³/mol.